The van der Waals surface area contributed by atoms with Crippen LogP contribution in [0.3, 0.4) is 0 Å². The van der Waals surface area contributed by atoms with Crippen molar-refractivity contribution in [1.29, 1.82) is 0 Å². The van der Waals surface area contributed by atoms with Crippen molar-refractivity contribution in [2.24, 2.45) is 5.84 Å². The fourth-order valence-electron chi connectivity index (χ4n) is 0.598. The zero-order valence-corrected chi connectivity index (χ0v) is 5.44. The van der Waals surface area contributed by atoms with Gasteiger partial charge in [0.2, 0.25) is 6.41 Å². The van der Waals surface area contributed by atoms with Gasteiger partial charge in [-0.1, -0.05) is 5.16 Å². The largest absolute Gasteiger partial charge is 0.359 e. The third kappa shape index (κ3) is 0.985. The van der Waals surface area contributed by atoms with Crippen molar-refractivity contribution in [3.8, 4) is 0 Å². The highest BCUT2D eigenvalue weighted by atomic mass is 16.5. The molecule has 54 valence electrons. The number of hydrazine groups is 1. The van der Waals surface area contributed by atoms with E-state index >= 15 is 0 Å². The lowest BCUT2D eigenvalue weighted by atomic mass is 10.4. The van der Waals surface area contributed by atoms with E-state index in [1.807, 2.05) is 0 Å². The van der Waals surface area contributed by atoms with Gasteiger partial charge in [-0.05, 0) is 6.92 Å². The number of rotatable bonds is 2. The molecule has 0 aromatic carbocycles. The van der Waals surface area contributed by atoms with E-state index in [2.05, 4.69) is 9.68 Å². The number of carbonyl (C=O) groups is 1. The molecule has 0 aliphatic heterocycles. The first-order valence-electron chi connectivity index (χ1n) is 2.66. The summed E-state index contributed by atoms with van der Waals surface area (Å²) in [7, 11) is 0. The van der Waals surface area contributed by atoms with Gasteiger partial charge in [0.25, 0.3) is 0 Å². The second-order valence-corrected chi connectivity index (χ2v) is 1.78. The fourth-order valence-corrected chi connectivity index (χ4v) is 0.598. The molecule has 0 aliphatic rings. The first-order valence-corrected chi connectivity index (χ1v) is 2.66. The van der Waals surface area contributed by atoms with Gasteiger partial charge in [0, 0.05) is 0 Å². The van der Waals surface area contributed by atoms with Crippen LogP contribution < -0.4 is 10.9 Å². The first-order chi connectivity index (χ1) is 4.75. The van der Waals surface area contributed by atoms with Crippen LogP contribution in [0.15, 0.2) is 10.7 Å². The summed E-state index contributed by atoms with van der Waals surface area (Å²) in [5.41, 5.74) is 0.481. The Morgan fingerprint density at radius 3 is 3.00 bits per heavy atom. The Hall–Kier alpha value is -1.36. The van der Waals surface area contributed by atoms with E-state index in [1.165, 1.54) is 6.20 Å². The van der Waals surface area contributed by atoms with Crippen molar-refractivity contribution >= 4 is 12.1 Å². The smallest absolute Gasteiger partial charge is 0.228 e. The highest BCUT2D eigenvalue weighted by Gasteiger charge is 2.06. The lowest BCUT2D eigenvalue weighted by molar-refractivity contribution is -0.107. The first kappa shape index (κ1) is 6.76. The highest BCUT2D eigenvalue weighted by Crippen LogP contribution is 2.13. The van der Waals surface area contributed by atoms with Gasteiger partial charge in [-0.25, -0.2) is 10.9 Å². The van der Waals surface area contributed by atoms with Gasteiger partial charge in [0.15, 0.2) is 5.76 Å². The minimum Gasteiger partial charge on any atom is -0.359 e. The summed E-state index contributed by atoms with van der Waals surface area (Å²) in [5.74, 6) is 5.73. The maximum atomic E-state index is 10.1. The summed E-state index contributed by atoms with van der Waals surface area (Å²) >= 11 is 0. The van der Waals surface area contributed by atoms with E-state index in [4.69, 9.17) is 5.84 Å². The summed E-state index contributed by atoms with van der Waals surface area (Å²) in [6.45, 7) is 1.67. The molecule has 1 aromatic heterocycles. The molecule has 5 nitrogen and oxygen atoms in total. The van der Waals surface area contributed by atoms with Gasteiger partial charge in [0.1, 0.15) is 5.69 Å². The molecule has 1 rings (SSSR count). The summed E-state index contributed by atoms with van der Waals surface area (Å²) < 4.78 is 4.66. The molecule has 1 amide bonds. The molecule has 0 radical (unpaired) electrons. The molecular weight excluding hydrogens is 134 g/mol. The average Bonchev–Trinajstić information content (AvgIpc) is 2.34. The molecule has 0 saturated carbocycles. The van der Waals surface area contributed by atoms with Gasteiger partial charge < -0.3 is 4.52 Å². The Morgan fingerprint density at radius 1 is 1.90 bits per heavy atom. The normalized spacial score (nSPS) is 9.40. The van der Waals surface area contributed by atoms with Crippen LogP contribution in [0.2, 0.25) is 0 Å². The minimum absolute atomic E-state index is 0.481. The van der Waals surface area contributed by atoms with Crippen molar-refractivity contribution in [1.82, 2.24) is 5.16 Å². The van der Waals surface area contributed by atoms with E-state index in [-0.39, 0.29) is 0 Å². The third-order valence-corrected chi connectivity index (χ3v) is 1.12. The Kier molecular flexibility index (Phi) is 1.68. The SMILES string of the molecule is Cc1oncc1N(N)C=O. The number of nitrogens with two attached hydrogens (primary N) is 1. The molecule has 0 aliphatic carbocycles. The molecule has 10 heavy (non-hydrogen) atoms. The molecule has 0 unspecified atom stereocenters. The predicted octanol–water partition coefficient (Wildman–Crippen LogP) is -0.180. The Labute approximate surface area is 57.4 Å². The number of anilines is 1. The van der Waals surface area contributed by atoms with Gasteiger partial charge in [-0.15, -0.1) is 0 Å². The number of hydrogen-bond acceptors (Lipinski definition) is 4. The minimum atomic E-state index is 0.481. The molecule has 1 heterocycles. The lowest BCUT2D eigenvalue weighted by Crippen LogP contribution is -2.28. The van der Waals surface area contributed by atoms with Gasteiger partial charge in [-0.3, -0.25) is 4.79 Å². The monoisotopic (exact) mass is 141 g/mol. The maximum Gasteiger partial charge on any atom is 0.228 e. The van der Waals surface area contributed by atoms with Crippen molar-refractivity contribution in [2.75, 3.05) is 5.01 Å². The number of aryl methyl sites for hydroxylation is 1. The Morgan fingerprint density at radius 2 is 2.60 bits per heavy atom. The second-order valence-electron chi connectivity index (χ2n) is 1.78. The number of carbonyl (C=O) groups excluding carboxylic acids is 1. The molecule has 1 aromatic rings. The molecule has 5 heteroatoms. The van der Waals surface area contributed by atoms with Crippen LogP contribution in [-0.4, -0.2) is 11.6 Å². The Balaban J connectivity index is 2.92. The summed E-state index contributed by atoms with van der Waals surface area (Å²) in [5, 5.41) is 4.34. The van der Waals surface area contributed by atoms with Crippen molar-refractivity contribution in [3.63, 3.8) is 0 Å². The van der Waals surface area contributed by atoms with Gasteiger partial charge in [0.05, 0.1) is 6.20 Å². The molecule has 0 atom stereocenters. The van der Waals surface area contributed by atoms with Crippen LogP contribution in [-0.2, 0) is 4.79 Å². The van der Waals surface area contributed by atoms with Crippen LogP contribution in [0.5, 0.6) is 0 Å². The highest BCUT2D eigenvalue weighted by molar-refractivity contribution is 5.73. The average molecular weight is 141 g/mol. The fraction of sp³-hybridized carbons (Fsp3) is 0.200. The molecular formula is C5H7N3O2. The zero-order chi connectivity index (χ0) is 7.56. The molecule has 0 spiro atoms. The number of hydrogen-bond donors (Lipinski definition) is 1. The van der Waals surface area contributed by atoms with Crippen molar-refractivity contribution in [2.45, 2.75) is 6.92 Å². The maximum absolute atomic E-state index is 10.1. The third-order valence-electron chi connectivity index (χ3n) is 1.12. The lowest BCUT2D eigenvalue weighted by Gasteiger charge is -2.04. The number of nitrogens with zero attached hydrogens (tertiary/aromatic N) is 2. The summed E-state index contributed by atoms with van der Waals surface area (Å²) in [4.78, 5) is 10.1. The molecule has 0 bridgehead atoms. The van der Waals surface area contributed by atoms with Gasteiger partial charge >= 0.3 is 0 Å². The van der Waals surface area contributed by atoms with E-state index in [1.54, 1.807) is 6.92 Å². The molecule has 0 saturated heterocycles. The van der Waals surface area contributed by atoms with E-state index in [0.717, 1.165) is 5.01 Å². The van der Waals surface area contributed by atoms with Crippen LogP contribution in [0.4, 0.5) is 5.69 Å². The second kappa shape index (κ2) is 2.49. The van der Waals surface area contributed by atoms with Crippen molar-refractivity contribution < 1.29 is 9.32 Å². The van der Waals surface area contributed by atoms with E-state index < -0.39 is 0 Å². The number of amides is 1. The standard InChI is InChI=1S/C5H7N3O2/c1-4-5(2-7-10-4)8(6)3-9/h2-3H,6H2,1H3. The summed E-state index contributed by atoms with van der Waals surface area (Å²) in [6.07, 6.45) is 1.86. The van der Waals surface area contributed by atoms with Gasteiger partial charge in [-0.2, -0.15) is 0 Å². The quantitative estimate of drug-likeness (QED) is 0.268. The molecule has 2 N–H and O–H groups in total. The van der Waals surface area contributed by atoms with Crippen LogP contribution >= 0.6 is 0 Å². The van der Waals surface area contributed by atoms with Crippen LogP contribution in [0.25, 0.3) is 0 Å². The molecule has 0 fully saturated rings. The zero-order valence-electron chi connectivity index (χ0n) is 5.44. The number of aromatic nitrogens is 1. The van der Waals surface area contributed by atoms with Crippen LogP contribution in [0, 0.1) is 6.92 Å². The van der Waals surface area contributed by atoms with Crippen molar-refractivity contribution in [3.05, 3.63) is 12.0 Å². The van der Waals surface area contributed by atoms with E-state index in [9.17, 15) is 4.79 Å². The summed E-state index contributed by atoms with van der Waals surface area (Å²) in [6, 6.07) is 0. The van der Waals surface area contributed by atoms with Crippen LogP contribution in [0.1, 0.15) is 5.76 Å². The Bertz CT molecular complexity index is 233. The predicted molar refractivity (Wildman–Crippen MR) is 34.0 cm³/mol. The van der Waals surface area contributed by atoms with E-state index in [0.29, 0.717) is 17.9 Å². The topological polar surface area (TPSA) is 72.4 Å².